The summed E-state index contributed by atoms with van der Waals surface area (Å²) in [6.07, 6.45) is 0.494. The third kappa shape index (κ3) is 4.23. The van der Waals surface area contributed by atoms with E-state index in [1.807, 2.05) is 18.2 Å². The van der Waals surface area contributed by atoms with Gasteiger partial charge in [-0.25, -0.2) is 8.42 Å². The van der Waals surface area contributed by atoms with Crippen LogP contribution < -0.4 is 5.32 Å². The van der Waals surface area contributed by atoms with Crippen molar-refractivity contribution in [2.75, 3.05) is 6.54 Å². The third-order valence-electron chi connectivity index (χ3n) is 5.50. The molecule has 4 rings (SSSR count). The van der Waals surface area contributed by atoms with Crippen molar-refractivity contribution in [1.29, 1.82) is 0 Å². The summed E-state index contributed by atoms with van der Waals surface area (Å²) in [5.41, 5.74) is 3.40. The minimum Gasteiger partial charge on any atom is -0.347 e. The van der Waals surface area contributed by atoms with E-state index in [9.17, 15) is 13.2 Å². The number of sulfonamides is 1. The van der Waals surface area contributed by atoms with E-state index in [4.69, 9.17) is 11.6 Å². The van der Waals surface area contributed by atoms with Crippen LogP contribution in [0.5, 0.6) is 0 Å². The maximum absolute atomic E-state index is 13.2. The predicted molar refractivity (Wildman–Crippen MR) is 118 cm³/mol. The van der Waals surface area contributed by atoms with Crippen LogP contribution in [0, 0.1) is 6.92 Å². The van der Waals surface area contributed by atoms with E-state index in [0.29, 0.717) is 35.7 Å². The minimum atomic E-state index is -3.68. The fourth-order valence-electron chi connectivity index (χ4n) is 3.81. The summed E-state index contributed by atoms with van der Waals surface area (Å²) >= 11 is 5.90. The number of nitrogens with zero attached hydrogens (tertiary/aromatic N) is 3. The smallest absolute Gasteiger partial charge is 0.272 e. The number of nitrogens with one attached hydrogen (secondary N) is 1. The van der Waals surface area contributed by atoms with E-state index in [1.54, 1.807) is 49.0 Å². The number of aryl methyl sites for hydroxylation is 2. The lowest BCUT2D eigenvalue weighted by Crippen LogP contribution is -2.37. The highest BCUT2D eigenvalue weighted by Gasteiger charge is 2.34. The highest BCUT2D eigenvalue weighted by atomic mass is 35.5. The third-order valence-corrected chi connectivity index (χ3v) is 7.76. The van der Waals surface area contributed by atoms with Gasteiger partial charge in [0.2, 0.25) is 10.0 Å². The molecule has 0 fully saturated rings. The predicted octanol–water partition coefficient (Wildman–Crippen LogP) is 3.06. The quantitative estimate of drug-likeness (QED) is 0.636. The Morgan fingerprint density at radius 1 is 1.16 bits per heavy atom. The molecular formula is C22H23ClN4O3S. The first kappa shape index (κ1) is 21.5. The van der Waals surface area contributed by atoms with Crippen LogP contribution in [0.25, 0.3) is 0 Å². The van der Waals surface area contributed by atoms with Crippen molar-refractivity contribution in [2.24, 2.45) is 7.05 Å². The molecular weight excluding hydrogens is 436 g/mol. The number of hydrogen-bond donors (Lipinski definition) is 1. The second kappa shape index (κ2) is 8.45. The van der Waals surface area contributed by atoms with Crippen molar-refractivity contribution in [3.63, 3.8) is 0 Å². The molecule has 0 saturated heterocycles. The first-order valence-electron chi connectivity index (χ1n) is 9.90. The fourth-order valence-corrected chi connectivity index (χ4v) is 5.57. The lowest BCUT2D eigenvalue weighted by atomic mass is 10.1. The number of carbonyl (C=O) groups excluding carboxylic acids is 1. The largest absolute Gasteiger partial charge is 0.347 e. The average molecular weight is 459 g/mol. The standard InChI is InChI=1S/C22H23ClN4O3S/c1-15-5-3-4-6-20(15)31(29,30)27-12-11-19-18(14-27)21(25-26(19)2)22(28)24-13-16-7-9-17(23)10-8-16/h3-10H,11-14H2,1-2H3,(H,24,28). The molecule has 3 aromatic rings. The second-order valence-corrected chi connectivity index (χ2v) is 9.90. The number of hydrogen-bond acceptors (Lipinski definition) is 4. The van der Waals surface area contributed by atoms with E-state index in [-0.39, 0.29) is 23.0 Å². The molecule has 1 aliphatic heterocycles. The summed E-state index contributed by atoms with van der Waals surface area (Å²) in [5, 5.41) is 7.88. The maximum Gasteiger partial charge on any atom is 0.272 e. The van der Waals surface area contributed by atoms with Crippen LogP contribution in [-0.4, -0.2) is 35.0 Å². The Balaban J connectivity index is 1.57. The number of amides is 1. The van der Waals surface area contributed by atoms with Gasteiger partial charge in [0.1, 0.15) is 0 Å². The number of aromatic nitrogens is 2. The average Bonchev–Trinajstić information content (AvgIpc) is 3.09. The van der Waals surface area contributed by atoms with E-state index in [0.717, 1.165) is 11.3 Å². The lowest BCUT2D eigenvalue weighted by Gasteiger charge is -2.27. The van der Waals surface area contributed by atoms with Crippen LogP contribution in [0.4, 0.5) is 0 Å². The molecule has 1 aliphatic rings. The highest BCUT2D eigenvalue weighted by Crippen LogP contribution is 2.28. The Bertz CT molecular complexity index is 1240. The molecule has 0 bridgehead atoms. The van der Waals surface area contributed by atoms with E-state index >= 15 is 0 Å². The van der Waals surface area contributed by atoms with Gasteiger partial charge in [0.25, 0.3) is 5.91 Å². The summed E-state index contributed by atoms with van der Waals surface area (Å²) in [5.74, 6) is -0.332. The highest BCUT2D eigenvalue weighted by molar-refractivity contribution is 7.89. The molecule has 0 unspecified atom stereocenters. The molecule has 0 spiro atoms. The van der Waals surface area contributed by atoms with Crippen molar-refractivity contribution in [2.45, 2.75) is 31.3 Å². The van der Waals surface area contributed by atoms with Crippen LogP contribution in [0.3, 0.4) is 0 Å². The van der Waals surface area contributed by atoms with Gasteiger partial charge in [-0.05, 0) is 36.2 Å². The first-order chi connectivity index (χ1) is 14.8. The van der Waals surface area contributed by atoms with Crippen molar-refractivity contribution in [1.82, 2.24) is 19.4 Å². The molecule has 31 heavy (non-hydrogen) atoms. The summed E-state index contributed by atoms with van der Waals surface area (Å²) in [6.45, 7) is 2.56. The van der Waals surface area contributed by atoms with E-state index < -0.39 is 10.0 Å². The number of rotatable bonds is 5. The number of carbonyl (C=O) groups is 1. The molecule has 162 valence electrons. The summed E-state index contributed by atoms with van der Waals surface area (Å²) in [7, 11) is -1.90. The van der Waals surface area contributed by atoms with Gasteiger partial charge in [0, 0.05) is 49.4 Å². The first-order valence-corrected chi connectivity index (χ1v) is 11.7. The molecule has 1 N–H and O–H groups in total. The van der Waals surface area contributed by atoms with Gasteiger partial charge in [-0.1, -0.05) is 41.9 Å². The van der Waals surface area contributed by atoms with Crippen molar-refractivity contribution in [3.8, 4) is 0 Å². The van der Waals surface area contributed by atoms with Crippen LogP contribution >= 0.6 is 11.6 Å². The van der Waals surface area contributed by atoms with Crippen LogP contribution in [0.1, 0.15) is 32.9 Å². The van der Waals surface area contributed by atoms with Crippen LogP contribution in [0.15, 0.2) is 53.4 Å². The summed E-state index contributed by atoms with van der Waals surface area (Å²) < 4.78 is 29.6. The van der Waals surface area contributed by atoms with Gasteiger partial charge in [0.05, 0.1) is 4.90 Å². The molecule has 2 heterocycles. The van der Waals surface area contributed by atoms with E-state index in [2.05, 4.69) is 10.4 Å². The number of benzene rings is 2. The van der Waals surface area contributed by atoms with Crippen LogP contribution in [-0.2, 0) is 36.6 Å². The SMILES string of the molecule is Cc1ccccc1S(=O)(=O)N1CCc2c(c(C(=O)NCc3ccc(Cl)cc3)nn2C)C1. The van der Waals surface area contributed by atoms with Crippen molar-refractivity contribution >= 4 is 27.5 Å². The Kier molecular flexibility index (Phi) is 5.88. The zero-order chi connectivity index (χ0) is 22.2. The van der Waals surface area contributed by atoms with Crippen LogP contribution in [0.2, 0.25) is 5.02 Å². The molecule has 1 aromatic heterocycles. The zero-order valence-electron chi connectivity index (χ0n) is 17.3. The van der Waals surface area contributed by atoms with Gasteiger partial charge in [-0.2, -0.15) is 9.40 Å². The van der Waals surface area contributed by atoms with Gasteiger partial charge in [0.15, 0.2) is 5.69 Å². The monoisotopic (exact) mass is 458 g/mol. The Hall–Kier alpha value is -2.68. The number of fused-ring (bicyclic) bond motifs is 1. The van der Waals surface area contributed by atoms with E-state index in [1.165, 1.54) is 4.31 Å². The van der Waals surface area contributed by atoms with Crippen molar-refractivity contribution in [3.05, 3.63) is 81.6 Å². The molecule has 2 aromatic carbocycles. The lowest BCUT2D eigenvalue weighted by molar-refractivity contribution is 0.0943. The molecule has 7 nitrogen and oxygen atoms in total. The minimum absolute atomic E-state index is 0.115. The molecule has 0 radical (unpaired) electrons. The zero-order valence-corrected chi connectivity index (χ0v) is 18.9. The maximum atomic E-state index is 13.2. The van der Waals surface area contributed by atoms with Gasteiger partial charge < -0.3 is 5.32 Å². The topological polar surface area (TPSA) is 84.3 Å². The number of halogens is 1. The van der Waals surface area contributed by atoms with Gasteiger partial charge in [-0.3, -0.25) is 9.48 Å². The Morgan fingerprint density at radius 2 is 1.87 bits per heavy atom. The summed E-state index contributed by atoms with van der Waals surface area (Å²) in [4.78, 5) is 13.2. The Labute approximate surface area is 186 Å². The van der Waals surface area contributed by atoms with Gasteiger partial charge in [-0.15, -0.1) is 0 Å². The van der Waals surface area contributed by atoms with Gasteiger partial charge >= 0.3 is 0 Å². The fraction of sp³-hybridized carbons (Fsp3) is 0.273. The van der Waals surface area contributed by atoms with Crippen molar-refractivity contribution < 1.29 is 13.2 Å². The summed E-state index contributed by atoms with van der Waals surface area (Å²) in [6, 6.07) is 14.1. The Morgan fingerprint density at radius 3 is 2.58 bits per heavy atom. The molecule has 9 heteroatoms. The molecule has 0 aliphatic carbocycles. The second-order valence-electron chi connectivity index (χ2n) is 7.56. The molecule has 0 saturated carbocycles. The molecule has 1 amide bonds. The normalized spacial score (nSPS) is 14.3. The molecule has 0 atom stereocenters.